The van der Waals surface area contributed by atoms with E-state index in [1.807, 2.05) is 59.8 Å². The molecule has 0 aliphatic carbocycles. The van der Waals surface area contributed by atoms with E-state index in [0.29, 0.717) is 47.3 Å². The van der Waals surface area contributed by atoms with Gasteiger partial charge in [-0.3, -0.25) is 9.38 Å². The Labute approximate surface area is 357 Å². The van der Waals surface area contributed by atoms with E-state index in [0.717, 1.165) is 22.7 Å². The SMILES string of the molecule is CC(C)c1nc2ccccn2c1C(C)C.CC(C)c1nc2cccnn2c1C(C)C.CC(C)c1nc2cnccn2c1C(C)C.CC(C)c1nc2ncccn2c1C(C)C. The van der Waals surface area contributed by atoms with Crippen molar-refractivity contribution in [3.8, 4) is 0 Å². The molecule has 8 heterocycles. The normalized spacial score (nSPS) is 11.9. The molecule has 0 unspecified atom stereocenters. The van der Waals surface area contributed by atoms with Gasteiger partial charge in [-0.15, -0.1) is 0 Å². The topological polar surface area (TPSA) is 108 Å². The van der Waals surface area contributed by atoms with E-state index in [9.17, 15) is 0 Å². The zero-order valence-corrected chi connectivity index (χ0v) is 39.0. The van der Waals surface area contributed by atoms with Crippen LogP contribution in [0.4, 0.5) is 0 Å². The maximum Gasteiger partial charge on any atom is 0.234 e. The summed E-state index contributed by atoms with van der Waals surface area (Å²) < 4.78 is 8.41. The standard InChI is InChI=1S/C13H18N2.3C12H17N3/c1-9(2)12-13(10(3)4)15-8-6-5-7-11(15)14-12;1-8(2)11-12(9(3)4)15-6-5-13-7-10(15)14-11;1-8(2)10-11(9(3)4)15-7-5-6-13-12(15)14-10;1-8(2)11-12(9(3)4)15-10(14-11)6-5-7-13-15/h5-10H,1-4H3;3*5-9H,1-4H3. The first-order valence-corrected chi connectivity index (χ1v) is 21.9. The minimum Gasteiger partial charge on any atom is -0.304 e. The van der Waals surface area contributed by atoms with Crippen molar-refractivity contribution in [3.63, 3.8) is 0 Å². The summed E-state index contributed by atoms with van der Waals surface area (Å²) >= 11 is 0. The lowest BCUT2D eigenvalue weighted by Crippen LogP contribution is -2.02. The molecular weight excluding hydrogens is 743 g/mol. The number of rotatable bonds is 8. The molecule has 320 valence electrons. The van der Waals surface area contributed by atoms with Crippen LogP contribution in [0.2, 0.25) is 0 Å². The van der Waals surface area contributed by atoms with E-state index in [2.05, 4.69) is 172 Å². The van der Waals surface area contributed by atoms with Gasteiger partial charge in [-0.25, -0.2) is 29.4 Å². The summed E-state index contributed by atoms with van der Waals surface area (Å²) in [5.74, 6) is 4.58. The van der Waals surface area contributed by atoms with Crippen LogP contribution < -0.4 is 0 Å². The highest BCUT2D eigenvalue weighted by molar-refractivity contribution is 5.46. The Morgan fingerprint density at radius 1 is 0.383 bits per heavy atom. The summed E-state index contributed by atoms with van der Waals surface area (Å²) in [6, 6.07) is 12.0. The van der Waals surface area contributed by atoms with Gasteiger partial charge < -0.3 is 8.80 Å². The van der Waals surface area contributed by atoms with E-state index in [1.54, 1.807) is 6.20 Å². The Morgan fingerprint density at radius 3 is 1.42 bits per heavy atom. The van der Waals surface area contributed by atoms with Gasteiger partial charge in [0.2, 0.25) is 5.78 Å². The van der Waals surface area contributed by atoms with Crippen molar-refractivity contribution >= 4 is 22.7 Å². The maximum atomic E-state index is 4.70. The van der Waals surface area contributed by atoms with Crippen LogP contribution in [0.15, 0.2) is 79.8 Å². The minimum atomic E-state index is 0.448. The fourth-order valence-corrected chi connectivity index (χ4v) is 7.78. The second kappa shape index (κ2) is 19.7. The van der Waals surface area contributed by atoms with Crippen LogP contribution in [0.25, 0.3) is 22.7 Å². The molecule has 0 atom stereocenters. The zero-order chi connectivity index (χ0) is 44.0. The van der Waals surface area contributed by atoms with Crippen molar-refractivity contribution < 1.29 is 0 Å². The van der Waals surface area contributed by atoms with Gasteiger partial charge in [0, 0.05) is 48.6 Å². The lowest BCUT2D eigenvalue weighted by molar-refractivity contribution is 0.718. The number of hydrogen-bond donors (Lipinski definition) is 0. The fourth-order valence-electron chi connectivity index (χ4n) is 7.78. The predicted molar refractivity (Wildman–Crippen MR) is 247 cm³/mol. The molecular formula is C49H69N11. The molecule has 0 spiro atoms. The van der Waals surface area contributed by atoms with Crippen molar-refractivity contribution in [2.24, 2.45) is 0 Å². The van der Waals surface area contributed by atoms with Crippen LogP contribution in [0.5, 0.6) is 0 Å². The van der Waals surface area contributed by atoms with E-state index in [-0.39, 0.29) is 0 Å². The molecule has 0 saturated carbocycles. The number of aromatic nitrogens is 11. The van der Waals surface area contributed by atoms with E-state index < -0.39 is 0 Å². The average molecular weight is 812 g/mol. The fraction of sp³-hybridized carbons (Fsp3) is 0.490. The molecule has 60 heavy (non-hydrogen) atoms. The van der Waals surface area contributed by atoms with E-state index >= 15 is 0 Å². The van der Waals surface area contributed by atoms with Crippen LogP contribution in [-0.4, -0.2) is 52.7 Å². The number of pyridine rings is 1. The Morgan fingerprint density at radius 2 is 0.850 bits per heavy atom. The summed E-state index contributed by atoms with van der Waals surface area (Å²) in [7, 11) is 0. The van der Waals surface area contributed by atoms with Crippen molar-refractivity contribution in [1.82, 2.24) is 52.7 Å². The molecule has 0 aliphatic rings. The summed E-state index contributed by atoms with van der Waals surface area (Å²) in [4.78, 5) is 26.9. The van der Waals surface area contributed by atoms with E-state index in [1.165, 1.54) is 45.6 Å². The third-order valence-corrected chi connectivity index (χ3v) is 10.4. The van der Waals surface area contributed by atoms with Crippen molar-refractivity contribution in [3.05, 3.63) is 125 Å². The third-order valence-electron chi connectivity index (χ3n) is 10.4. The number of nitrogens with zero attached hydrogens (tertiary/aromatic N) is 11. The van der Waals surface area contributed by atoms with Crippen LogP contribution in [0, 0.1) is 0 Å². The predicted octanol–water partition coefficient (Wildman–Crippen LogP) is 12.5. The maximum absolute atomic E-state index is 4.70. The molecule has 0 amide bonds. The first kappa shape index (κ1) is 45.6. The second-order valence-corrected chi connectivity index (χ2v) is 18.1. The van der Waals surface area contributed by atoms with Gasteiger partial charge in [0.25, 0.3) is 0 Å². The zero-order valence-electron chi connectivity index (χ0n) is 39.0. The summed E-state index contributed by atoms with van der Waals surface area (Å²) in [6.45, 7) is 35.1. The molecule has 8 aromatic heterocycles. The largest absolute Gasteiger partial charge is 0.304 e. The van der Waals surface area contributed by atoms with Gasteiger partial charge in [0.15, 0.2) is 11.3 Å². The Hall–Kier alpha value is -5.45. The second-order valence-electron chi connectivity index (χ2n) is 18.1. The molecule has 0 aromatic carbocycles. The molecule has 0 fully saturated rings. The van der Waals surface area contributed by atoms with Crippen molar-refractivity contribution in [2.75, 3.05) is 0 Å². The monoisotopic (exact) mass is 812 g/mol. The molecule has 0 bridgehead atoms. The van der Waals surface area contributed by atoms with Crippen molar-refractivity contribution in [2.45, 2.75) is 158 Å². The third kappa shape index (κ3) is 9.94. The summed E-state index contributed by atoms with van der Waals surface area (Å²) in [5.41, 5.74) is 12.9. The lowest BCUT2D eigenvalue weighted by atomic mass is 10.0. The molecule has 0 saturated heterocycles. The Balaban J connectivity index is 0.000000152. The summed E-state index contributed by atoms with van der Waals surface area (Å²) in [5, 5.41) is 4.36. The number of fused-ring (bicyclic) bond motifs is 4. The van der Waals surface area contributed by atoms with Gasteiger partial charge in [-0.05, 0) is 77.7 Å². The van der Waals surface area contributed by atoms with Gasteiger partial charge in [-0.2, -0.15) is 5.10 Å². The molecule has 8 aromatic rings. The molecule has 0 N–H and O–H groups in total. The first-order valence-electron chi connectivity index (χ1n) is 21.9. The number of hydrogen-bond acceptors (Lipinski definition) is 7. The van der Waals surface area contributed by atoms with Crippen LogP contribution in [0.3, 0.4) is 0 Å². The van der Waals surface area contributed by atoms with Crippen LogP contribution >= 0.6 is 0 Å². The number of imidazole rings is 4. The molecule has 11 heteroatoms. The van der Waals surface area contributed by atoms with Crippen LogP contribution in [0.1, 0.15) is 204 Å². The van der Waals surface area contributed by atoms with Gasteiger partial charge >= 0.3 is 0 Å². The Kier molecular flexibility index (Phi) is 15.0. The lowest BCUT2D eigenvalue weighted by Gasteiger charge is -2.10. The van der Waals surface area contributed by atoms with Gasteiger partial charge in [-0.1, -0.05) is 117 Å². The smallest absolute Gasteiger partial charge is 0.234 e. The van der Waals surface area contributed by atoms with E-state index in [4.69, 9.17) is 4.98 Å². The van der Waals surface area contributed by atoms with Crippen LogP contribution in [-0.2, 0) is 0 Å². The first-order chi connectivity index (χ1) is 28.4. The Bertz CT molecular complexity index is 2230. The summed E-state index contributed by atoms with van der Waals surface area (Å²) in [6.07, 6.45) is 13.4. The van der Waals surface area contributed by atoms with Gasteiger partial charge in [0.05, 0.1) is 40.4 Å². The highest BCUT2D eigenvalue weighted by atomic mass is 15.3. The molecule has 8 rings (SSSR count). The van der Waals surface area contributed by atoms with Gasteiger partial charge in [0.1, 0.15) is 5.65 Å². The van der Waals surface area contributed by atoms with Crippen molar-refractivity contribution in [1.29, 1.82) is 0 Å². The minimum absolute atomic E-state index is 0.448. The quantitative estimate of drug-likeness (QED) is 0.150. The molecule has 11 nitrogen and oxygen atoms in total. The average Bonchev–Trinajstić information content (AvgIpc) is 3.98. The molecule has 0 radical (unpaired) electrons. The highest BCUT2D eigenvalue weighted by Crippen LogP contribution is 2.29. The highest BCUT2D eigenvalue weighted by Gasteiger charge is 2.20. The molecule has 0 aliphatic heterocycles.